The van der Waals surface area contributed by atoms with Crippen LogP contribution in [0.4, 0.5) is 0 Å². The fraction of sp³-hybridized carbons (Fsp3) is 0.333. The maximum atomic E-state index is 12.7. The monoisotopic (exact) mass is 393 g/mol. The summed E-state index contributed by atoms with van der Waals surface area (Å²) in [6, 6.07) is 13.5. The van der Waals surface area contributed by atoms with Crippen molar-refractivity contribution in [2.24, 2.45) is 0 Å². The van der Waals surface area contributed by atoms with Crippen LogP contribution < -0.4 is 5.69 Å². The van der Waals surface area contributed by atoms with Crippen LogP contribution in [0.15, 0.2) is 59.7 Å². The third kappa shape index (κ3) is 4.27. The Morgan fingerprint density at radius 3 is 2.76 bits per heavy atom. The van der Waals surface area contributed by atoms with E-state index in [0.29, 0.717) is 32.1 Å². The van der Waals surface area contributed by atoms with E-state index >= 15 is 0 Å². The molecule has 0 bridgehead atoms. The molecule has 29 heavy (non-hydrogen) atoms. The van der Waals surface area contributed by atoms with Crippen molar-refractivity contribution in [3.05, 3.63) is 82.3 Å². The molecule has 8 heteroatoms. The molecule has 0 aliphatic carbocycles. The van der Waals surface area contributed by atoms with Crippen LogP contribution in [0.1, 0.15) is 29.5 Å². The molecule has 0 saturated heterocycles. The maximum Gasteiger partial charge on any atom is 0.346 e. The van der Waals surface area contributed by atoms with Gasteiger partial charge in [0.15, 0.2) is 5.82 Å². The Hall–Kier alpha value is -3.26. The Kier molecular flexibility index (Phi) is 5.53. The van der Waals surface area contributed by atoms with Crippen LogP contribution in [0.3, 0.4) is 0 Å². The van der Waals surface area contributed by atoms with E-state index < -0.39 is 6.10 Å². The van der Waals surface area contributed by atoms with E-state index in [9.17, 15) is 9.59 Å². The maximum absolute atomic E-state index is 12.7. The Labute approximate surface area is 168 Å². The van der Waals surface area contributed by atoms with Crippen molar-refractivity contribution in [3.63, 3.8) is 0 Å². The highest BCUT2D eigenvalue weighted by Crippen LogP contribution is 2.23. The fourth-order valence-electron chi connectivity index (χ4n) is 3.44. The highest BCUT2D eigenvalue weighted by atomic mass is 16.5. The minimum atomic E-state index is -0.530. The molecule has 1 aromatic carbocycles. The van der Waals surface area contributed by atoms with Gasteiger partial charge in [-0.3, -0.25) is 14.3 Å². The fourth-order valence-corrected chi connectivity index (χ4v) is 3.44. The molecule has 4 rings (SSSR count). The van der Waals surface area contributed by atoms with Crippen LogP contribution >= 0.6 is 0 Å². The van der Waals surface area contributed by atoms with E-state index in [1.807, 2.05) is 42.5 Å². The van der Waals surface area contributed by atoms with Crippen molar-refractivity contribution < 1.29 is 9.53 Å². The van der Waals surface area contributed by atoms with Crippen LogP contribution in [0.25, 0.3) is 0 Å². The molecule has 0 fully saturated rings. The second kappa shape index (κ2) is 8.40. The SMILES string of the molecule is CN(Cc1cccnc1)C(=O)CC1OCCn2c1nn(Cc1ccccc1)c2=O. The molecule has 0 N–H and O–H groups in total. The van der Waals surface area contributed by atoms with E-state index in [2.05, 4.69) is 10.1 Å². The second-order valence-electron chi connectivity index (χ2n) is 7.11. The third-order valence-electron chi connectivity index (χ3n) is 4.98. The lowest BCUT2D eigenvalue weighted by Gasteiger charge is -2.24. The molecule has 1 unspecified atom stereocenters. The van der Waals surface area contributed by atoms with Gasteiger partial charge < -0.3 is 9.64 Å². The number of pyridine rings is 1. The molecule has 3 heterocycles. The summed E-state index contributed by atoms with van der Waals surface area (Å²) in [5.74, 6) is 0.442. The molecule has 0 radical (unpaired) electrons. The van der Waals surface area contributed by atoms with Crippen LogP contribution in [-0.2, 0) is 29.2 Å². The standard InChI is InChI=1S/C21H23N5O3/c1-24(14-17-8-5-9-22-13-17)19(27)12-18-20-23-26(15-16-6-3-2-4-7-16)21(28)25(20)10-11-29-18/h2-9,13,18H,10-12,14-15H2,1H3. The number of hydrogen-bond acceptors (Lipinski definition) is 5. The van der Waals surface area contributed by atoms with Crippen LogP contribution in [0.2, 0.25) is 0 Å². The predicted octanol–water partition coefficient (Wildman–Crippen LogP) is 1.61. The third-order valence-corrected chi connectivity index (χ3v) is 4.98. The largest absolute Gasteiger partial charge is 0.368 e. The first-order chi connectivity index (χ1) is 14.1. The summed E-state index contributed by atoms with van der Waals surface area (Å²) in [6.45, 7) is 1.68. The van der Waals surface area contributed by atoms with Crippen molar-refractivity contribution >= 4 is 5.91 Å². The van der Waals surface area contributed by atoms with Crippen molar-refractivity contribution in [2.75, 3.05) is 13.7 Å². The summed E-state index contributed by atoms with van der Waals surface area (Å²) in [5.41, 5.74) is 1.78. The number of aromatic nitrogens is 4. The predicted molar refractivity (Wildman–Crippen MR) is 106 cm³/mol. The van der Waals surface area contributed by atoms with Crippen LogP contribution in [0.5, 0.6) is 0 Å². The summed E-state index contributed by atoms with van der Waals surface area (Å²) in [6.07, 6.45) is 3.05. The molecule has 2 aromatic heterocycles. The summed E-state index contributed by atoms with van der Waals surface area (Å²) in [7, 11) is 1.75. The molecule has 150 valence electrons. The van der Waals surface area contributed by atoms with Crippen molar-refractivity contribution in [3.8, 4) is 0 Å². The number of hydrogen-bond donors (Lipinski definition) is 0. The van der Waals surface area contributed by atoms with E-state index in [1.165, 1.54) is 4.68 Å². The molecule has 1 atom stereocenters. The number of rotatable bonds is 6. The summed E-state index contributed by atoms with van der Waals surface area (Å²) >= 11 is 0. The van der Waals surface area contributed by atoms with E-state index in [-0.39, 0.29) is 18.0 Å². The van der Waals surface area contributed by atoms with Crippen LogP contribution in [0, 0.1) is 0 Å². The smallest absolute Gasteiger partial charge is 0.346 e. The van der Waals surface area contributed by atoms with Crippen molar-refractivity contribution in [2.45, 2.75) is 32.2 Å². The molecule has 1 aliphatic rings. The molecule has 8 nitrogen and oxygen atoms in total. The van der Waals surface area contributed by atoms with E-state index in [4.69, 9.17) is 4.74 Å². The Balaban J connectivity index is 1.48. The Morgan fingerprint density at radius 2 is 2.00 bits per heavy atom. The first-order valence-electron chi connectivity index (χ1n) is 9.58. The lowest BCUT2D eigenvalue weighted by atomic mass is 10.2. The zero-order valence-corrected chi connectivity index (χ0v) is 16.3. The van der Waals surface area contributed by atoms with Gasteiger partial charge in [-0.2, -0.15) is 5.10 Å². The van der Waals surface area contributed by atoms with Gasteiger partial charge >= 0.3 is 5.69 Å². The zero-order chi connectivity index (χ0) is 20.2. The lowest BCUT2D eigenvalue weighted by Crippen LogP contribution is -2.33. The minimum absolute atomic E-state index is 0.0719. The van der Waals surface area contributed by atoms with Gasteiger partial charge in [0.25, 0.3) is 0 Å². The number of amides is 1. The Bertz CT molecular complexity index is 1030. The van der Waals surface area contributed by atoms with Gasteiger partial charge in [0, 0.05) is 26.0 Å². The zero-order valence-electron chi connectivity index (χ0n) is 16.3. The topological polar surface area (TPSA) is 82.2 Å². The van der Waals surface area contributed by atoms with Crippen molar-refractivity contribution in [1.29, 1.82) is 0 Å². The Morgan fingerprint density at radius 1 is 1.21 bits per heavy atom. The number of fused-ring (bicyclic) bond motifs is 1. The van der Waals surface area contributed by atoms with Crippen molar-refractivity contribution in [1.82, 2.24) is 24.2 Å². The summed E-state index contributed by atoms with van der Waals surface area (Å²) in [4.78, 5) is 31.2. The molecular weight excluding hydrogens is 370 g/mol. The number of nitrogens with zero attached hydrogens (tertiary/aromatic N) is 5. The number of benzene rings is 1. The van der Waals surface area contributed by atoms with Gasteiger partial charge in [0.1, 0.15) is 6.10 Å². The van der Waals surface area contributed by atoms with Gasteiger partial charge in [0.05, 0.1) is 26.1 Å². The second-order valence-corrected chi connectivity index (χ2v) is 7.11. The number of ether oxygens (including phenoxy) is 1. The highest BCUT2D eigenvalue weighted by molar-refractivity contribution is 5.76. The van der Waals surface area contributed by atoms with Gasteiger partial charge in [-0.05, 0) is 17.2 Å². The molecule has 0 spiro atoms. The van der Waals surface area contributed by atoms with Gasteiger partial charge in [0.2, 0.25) is 5.91 Å². The van der Waals surface area contributed by atoms with E-state index in [1.54, 1.807) is 28.9 Å². The lowest BCUT2D eigenvalue weighted by molar-refractivity contribution is -0.134. The van der Waals surface area contributed by atoms with Crippen LogP contribution in [-0.4, -0.2) is 43.8 Å². The highest BCUT2D eigenvalue weighted by Gasteiger charge is 2.29. The van der Waals surface area contributed by atoms with Gasteiger partial charge in [-0.15, -0.1) is 0 Å². The quantitative estimate of drug-likeness (QED) is 0.635. The average Bonchev–Trinajstić information content (AvgIpc) is 3.06. The van der Waals surface area contributed by atoms with Gasteiger partial charge in [-0.25, -0.2) is 9.48 Å². The number of carbonyl (C=O) groups excluding carboxylic acids is 1. The summed E-state index contributed by atoms with van der Waals surface area (Å²) < 4.78 is 8.86. The molecule has 1 amide bonds. The molecule has 1 aliphatic heterocycles. The average molecular weight is 393 g/mol. The normalized spacial score (nSPS) is 15.7. The molecule has 0 saturated carbocycles. The first-order valence-corrected chi connectivity index (χ1v) is 9.58. The first kappa shape index (κ1) is 19.1. The number of carbonyl (C=O) groups is 1. The minimum Gasteiger partial charge on any atom is -0.368 e. The molecule has 3 aromatic rings. The van der Waals surface area contributed by atoms with Gasteiger partial charge in [-0.1, -0.05) is 36.4 Å². The van der Waals surface area contributed by atoms with E-state index in [0.717, 1.165) is 11.1 Å². The summed E-state index contributed by atoms with van der Waals surface area (Å²) in [5, 5.41) is 4.48. The molecular formula is C21H23N5O3.